The van der Waals surface area contributed by atoms with Gasteiger partial charge in [-0.15, -0.1) is 6.58 Å². The van der Waals surface area contributed by atoms with E-state index < -0.39 is 15.6 Å². The summed E-state index contributed by atoms with van der Waals surface area (Å²) in [6, 6.07) is 4.59. The molecular weight excluding hydrogens is 344 g/mol. The molecule has 1 aromatic rings. The molecule has 0 heterocycles. The third-order valence-corrected chi connectivity index (χ3v) is 5.69. The average molecular weight is 371 g/mol. The summed E-state index contributed by atoms with van der Waals surface area (Å²) in [4.78, 5) is 12.4. The number of sulfonamides is 1. The molecule has 1 aromatic carbocycles. The van der Waals surface area contributed by atoms with Gasteiger partial charge in [-0.25, -0.2) is 13.1 Å². The molecule has 0 spiro atoms. The summed E-state index contributed by atoms with van der Waals surface area (Å²) in [5.41, 5.74) is 0.524. The maximum atomic E-state index is 12.4. The Morgan fingerprint density at radius 3 is 2.58 bits per heavy atom. The van der Waals surface area contributed by atoms with Crippen LogP contribution in [0.3, 0.4) is 0 Å². The lowest BCUT2D eigenvalue weighted by Gasteiger charge is -2.20. The molecule has 1 rings (SSSR count). The maximum absolute atomic E-state index is 12.4. The van der Waals surface area contributed by atoms with Crippen LogP contribution in [0, 0.1) is 6.92 Å². The molecule has 0 saturated carbocycles. The number of carbonyl (C=O) groups excluding carboxylic acids is 1. The summed E-state index contributed by atoms with van der Waals surface area (Å²) in [6.07, 6.45) is 1.81. The number of benzene rings is 1. The highest BCUT2D eigenvalue weighted by Gasteiger charge is 2.23. The van der Waals surface area contributed by atoms with Gasteiger partial charge >= 0.3 is 0 Å². The molecule has 0 aliphatic heterocycles. The zero-order valence-corrected chi connectivity index (χ0v) is 16.3. The van der Waals surface area contributed by atoms with Gasteiger partial charge in [-0.2, -0.15) is 11.8 Å². The fraction of sp³-hybridized carbons (Fsp3) is 0.471. The molecule has 0 bridgehead atoms. The van der Waals surface area contributed by atoms with Gasteiger partial charge in [-0.3, -0.25) is 4.79 Å². The van der Waals surface area contributed by atoms with Crippen LogP contribution in [0.4, 0.5) is 0 Å². The lowest BCUT2D eigenvalue weighted by atomic mass is 10.1. The predicted molar refractivity (Wildman–Crippen MR) is 101 cm³/mol. The van der Waals surface area contributed by atoms with Crippen molar-refractivity contribution < 1.29 is 13.2 Å². The Hall–Kier alpha value is -1.31. The Balaban J connectivity index is 2.90. The van der Waals surface area contributed by atoms with Crippen LogP contribution in [-0.2, 0) is 10.0 Å². The summed E-state index contributed by atoms with van der Waals surface area (Å²) < 4.78 is 27.4. The molecule has 24 heavy (non-hydrogen) atoms. The Morgan fingerprint density at radius 1 is 1.33 bits per heavy atom. The summed E-state index contributed by atoms with van der Waals surface area (Å²) >= 11 is 1.67. The SMILES string of the molecule is C=CCSCCNC(=O)c1cc(S(=O)(=O)NC(C)(C)C)ccc1C. The zero-order chi connectivity index (χ0) is 18.4. The van der Waals surface area contributed by atoms with Gasteiger partial charge < -0.3 is 5.32 Å². The van der Waals surface area contributed by atoms with Gasteiger partial charge in [0.15, 0.2) is 0 Å². The van der Waals surface area contributed by atoms with Gasteiger partial charge in [-0.1, -0.05) is 12.1 Å². The van der Waals surface area contributed by atoms with E-state index in [2.05, 4.69) is 16.6 Å². The topological polar surface area (TPSA) is 75.3 Å². The van der Waals surface area contributed by atoms with Crippen molar-refractivity contribution in [1.82, 2.24) is 10.0 Å². The van der Waals surface area contributed by atoms with Crippen molar-refractivity contribution in [1.29, 1.82) is 0 Å². The van der Waals surface area contributed by atoms with E-state index in [-0.39, 0.29) is 10.8 Å². The molecule has 0 aliphatic rings. The highest BCUT2D eigenvalue weighted by Crippen LogP contribution is 2.17. The van der Waals surface area contributed by atoms with Crippen molar-refractivity contribution in [3.05, 3.63) is 42.0 Å². The molecule has 2 N–H and O–H groups in total. The molecule has 7 heteroatoms. The first kappa shape index (κ1) is 20.7. The van der Waals surface area contributed by atoms with E-state index in [4.69, 9.17) is 0 Å². The van der Waals surface area contributed by atoms with Gasteiger partial charge in [0.1, 0.15) is 0 Å². The van der Waals surface area contributed by atoms with E-state index in [9.17, 15) is 13.2 Å². The number of thioether (sulfide) groups is 1. The minimum atomic E-state index is -3.67. The van der Waals surface area contributed by atoms with Gasteiger partial charge in [0.05, 0.1) is 4.90 Å². The minimum absolute atomic E-state index is 0.0919. The Morgan fingerprint density at radius 2 is 2.00 bits per heavy atom. The molecule has 0 aliphatic carbocycles. The third kappa shape index (κ3) is 6.67. The Bertz CT molecular complexity index is 692. The number of hydrogen-bond acceptors (Lipinski definition) is 4. The third-order valence-electron chi connectivity index (χ3n) is 2.97. The van der Waals surface area contributed by atoms with Gasteiger partial charge in [-0.05, 0) is 45.4 Å². The molecular formula is C17H26N2O3S2. The fourth-order valence-corrected chi connectivity index (χ4v) is 4.00. The highest BCUT2D eigenvalue weighted by atomic mass is 32.2. The predicted octanol–water partition coefficient (Wildman–Crippen LogP) is 2.72. The first-order valence-electron chi connectivity index (χ1n) is 7.68. The Labute approximate surface area is 149 Å². The first-order valence-corrected chi connectivity index (χ1v) is 10.3. The monoisotopic (exact) mass is 370 g/mol. The number of carbonyl (C=O) groups is 1. The van der Waals surface area contributed by atoms with Crippen LogP contribution in [0.25, 0.3) is 0 Å². The van der Waals surface area contributed by atoms with Crippen molar-refractivity contribution in [3.63, 3.8) is 0 Å². The molecule has 134 valence electrons. The van der Waals surface area contributed by atoms with Crippen LogP contribution in [0.2, 0.25) is 0 Å². The molecule has 0 fully saturated rings. The van der Waals surface area contributed by atoms with Crippen molar-refractivity contribution in [2.45, 2.75) is 38.1 Å². The number of rotatable bonds is 8. The zero-order valence-electron chi connectivity index (χ0n) is 14.7. The molecule has 0 aromatic heterocycles. The second-order valence-corrected chi connectivity index (χ2v) is 9.28. The van der Waals surface area contributed by atoms with Crippen molar-refractivity contribution in [2.75, 3.05) is 18.1 Å². The summed E-state index contributed by atoms with van der Waals surface area (Å²) in [6.45, 7) is 11.3. The summed E-state index contributed by atoms with van der Waals surface area (Å²) in [5.74, 6) is 1.35. The maximum Gasteiger partial charge on any atom is 0.251 e. The molecule has 0 saturated heterocycles. The first-order chi connectivity index (χ1) is 11.1. The van der Waals surface area contributed by atoms with Crippen LogP contribution < -0.4 is 10.0 Å². The number of hydrogen-bond donors (Lipinski definition) is 2. The summed E-state index contributed by atoms with van der Waals surface area (Å²) in [5, 5.41) is 2.82. The Kier molecular flexibility index (Phi) is 7.51. The fourth-order valence-electron chi connectivity index (χ4n) is 1.97. The number of amides is 1. The molecule has 1 amide bonds. The normalized spacial score (nSPS) is 12.0. The molecule has 0 atom stereocenters. The second-order valence-electron chi connectivity index (χ2n) is 6.45. The van der Waals surface area contributed by atoms with Crippen LogP contribution in [0.15, 0.2) is 35.7 Å². The van der Waals surface area contributed by atoms with Crippen molar-refractivity contribution >= 4 is 27.7 Å². The quantitative estimate of drug-likeness (QED) is 0.545. The largest absolute Gasteiger partial charge is 0.351 e. The van der Waals surface area contributed by atoms with Crippen molar-refractivity contribution in [2.24, 2.45) is 0 Å². The average Bonchev–Trinajstić information content (AvgIpc) is 2.44. The van der Waals surface area contributed by atoms with E-state index in [0.29, 0.717) is 12.1 Å². The van der Waals surface area contributed by atoms with Gasteiger partial charge in [0, 0.05) is 29.2 Å². The highest BCUT2D eigenvalue weighted by molar-refractivity contribution is 7.99. The van der Waals surface area contributed by atoms with E-state index >= 15 is 0 Å². The lowest BCUT2D eigenvalue weighted by molar-refractivity contribution is 0.0955. The molecule has 0 unspecified atom stereocenters. The van der Waals surface area contributed by atoms with E-state index in [0.717, 1.165) is 17.1 Å². The van der Waals surface area contributed by atoms with E-state index in [1.54, 1.807) is 45.5 Å². The van der Waals surface area contributed by atoms with Crippen LogP contribution in [-0.4, -0.2) is 37.9 Å². The molecule has 0 radical (unpaired) electrons. The second kappa shape index (κ2) is 8.69. The smallest absolute Gasteiger partial charge is 0.251 e. The molecule has 5 nitrogen and oxygen atoms in total. The van der Waals surface area contributed by atoms with E-state index in [1.807, 2.05) is 6.08 Å². The van der Waals surface area contributed by atoms with Crippen LogP contribution in [0.5, 0.6) is 0 Å². The minimum Gasteiger partial charge on any atom is -0.351 e. The summed E-state index contributed by atoms with van der Waals surface area (Å²) in [7, 11) is -3.67. The van der Waals surface area contributed by atoms with Crippen LogP contribution >= 0.6 is 11.8 Å². The lowest BCUT2D eigenvalue weighted by Crippen LogP contribution is -2.40. The van der Waals surface area contributed by atoms with Gasteiger partial charge in [0.2, 0.25) is 10.0 Å². The van der Waals surface area contributed by atoms with Crippen LogP contribution in [0.1, 0.15) is 36.7 Å². The van der Waals surface area contributed by atoms with Gasteiger partial charge in [0.25, 0.3) is 5.91 Å². The van der Waals surface area contributed by atoms with Crippen molar-refractivity contribution in [3.8, 4) is 0 Å². The number of aryl methyl sites for hydroxylation is 1. The van der Waals surface area contributed by atoms with E-state index in [1.165, 1.54) is 12.1 Å². The number of nitrogens with one attached hydrogen (secondary N) is 2. The standard InChI is InChI=1S/C17H26N2O3S2/c1-6-10-23-11-9-18-16(20)15-12-14(8-7-13(15)2)24(21,22)19-17(3,4)5/h6-8,12,19H,1,9-11H2,2-5H3,(H,18,20).